The molecule has 2 rings (SSSR count). The van der Waals surface area contributed by atoms with Gasteiger partial charge >= 0.3 is 15.6 Å². The van der Waals surface area contributed by atoms with Gasteiger partial charge in [0.25, 0.3) is 0 Å². The molecule has 0 amide bonds. The zero-order chi connectivity index (χ0) is 17.0. The number of alkyl halides is 3. The summed E-state index contributed by atoms with van der Waals surface area (Å²) in [6.45, 7) is 3.32. The molecule has 1 aliphatic carbocycles. The Balaban J connectivity index is 0.000000261. The molecule has 1 aromatic heterocycles. The summed E-state index contributed by atoms with van der Waals surface area (Å²) >= 11 is 1.65. The van der Waals surface area contributed by atoms with E-state index < -0.39 is 15.6 Å². The average Bonchev–Trinajstić information content (AvgIpc) is 2.74. The van der Waals surface area contributed by atoms with Gasteiger partial charge in [-0.05, 0) is 32.2 Å². The van der Waals surface area contributed by atoms with Gasteiger partial charge in [0.05, 0.1) is 5.69 Å². The summed E-state index contributed by atoms with van der Waals surface area (Å²) in [6, 6.07) is 0.641. The van der Waals surface area contributed by atoms with Crippen LogP contribution in [0.3, 0.4) is 0 Å². The predicted molar refractivity (Wildman–Crippen MR) is 78.2 cm³/mol. The molecule has 0 aliphatic heterocycles. The fourth-order valence-corrected chi connectivity index (χ4v) is 2.88. The van der Waals surface area contributed by atoms with Crippen molar-refractivity contribution in [1.82, 2.24) is 10.3 Å². The lowest BCUT2D eigenvalue weighted by Gasteiger charge is -2.21. The maximum absolute atomic E-state index is 10.7. The van der Waals surface area contributed by atoms with E-state index >= 15 is 0 Å². The molecule has 0 saturated heterocycles. The Hall–Kier alpha value is -0.910. The molecule has 0 bridgehead atoms. The monoisotopic (exact) mass is 361 g/mol. The summed E-state index contributed by atoms with van der Waals surface area (Å²) in [7, 11) is -5.84. The number of hydrogen-bond donors (Lipinski definition) is 3. The van der Waals surface area contributed by atoms with Crippen molar-refractivity contribution in [2.24, 2.45) is 0 Å². The first-order valence-corrected chi connectivity index (χ1v) is 8.81. The largest absolute Gasteiger partial charge is 0.522 e. The topological polar surface area (TPSA) is 105 Å². The van der Waals surface area contributed by atoms with Crippen molar-refractivity contribution in [3.05, 3.63) is 10.6 Å². The third kappa shape index (κ3) is 5.71. The molecule has 4 N–H and O–H groups in total. The van der Waals surface area contributed by atoms with Gasteiger partial charge in [0, 0.05) is 10.9 Å². The molecule has 0 aromatic carbocycles. The highest BCUT2D eigenvalue weighted by Gasteiger charge is 2.44. The molecule has 11 heteroatoms. The van der Waals surface area contributed by atoms with Crippen LogP contribution in [0.15, 0.2) is 0 Å². The Morgan fingerprint density at radius 3 is 2.59 bits per heavy atom. The number of aryl methyl sites for hydroxylation is 1. The highest BCUT2D eigenvalue weighted by molar-refractivity contribution is 7.86. The smallest absolute Gasteiger partial charge is 0.375 e. The molecule has 0 spiro atoms. The SMILES string of the molecule is CCCN[C@H]1CCc2nc(N)sc2C1.O=S(=O)(O)C(F)(F)F. The van der Waals surface area contributed by atoms with Crippen LogP contribution in [0.5, 0.6) is 0 Å². The molecule has 1 aromatic rings. The van der Waals surface area contributed by atoms with Crippen LogP contribution in [0, 0.1) is 0 Å². The number of thiazole rings is 1. The Labute approximate surface area is 130 Å². The molecule has 0 unspecified atom stereocenters. The average molecular weight is 361 g/mol. The van der Waals surface area contributed by atoms with Crippen LogP contribution in [0.1, 0.15) is 30.3 Å². The van der Waals surface area contributed by atoms with Gasteiger partial charge in [0.1, 0.15) is 0 Å². The van der Waals surface area contributed by atoms with Crippen LogP contribution < -0.4 is 11.1 Å². The molecule has 0 fully saturated rings. The molecule has 1 atom stereocenters. The van der Waals surface area contributed by atoms with Gasteiger partial charge < -0.3 is 11.1 Å². The van der Waals surface area contributed by atoms with Crippen molar-refractivity contribution in [2.75, 3.05) is 12.3 Å². The summed E-state index contributed by atoms with van der Waals surface area (Å²) in [5, 5.41) is 4.29. The maximum atomic E-state index is 10.7. The van der Waals surface area contributed by atoms with Crippen molar-refractivity contribution in [3.63, 3.8) is 0 Å². The van der Waals surface area contributed by atoms with Gasteiger partial charge in [-0.15, -0.1) is 11.3 Å². The van der Waals surface area contributed by atoms with Crippen LogP contribution in [0.2, 0.25) is 0 Å². The maximum Gasteiger partial charge on any atom is 0.522 e. The Morgan fingerprint density at radius 1 is 1.50 bits per heavy atom. The Kier molecular flexibility index (Phi) is 6.59. The molecule has 6 nitrogen and oxygen atoms in total. The second-order valence-electron chi connectivity index (χ2n) is 4.74. The first-order valence-electron chi connectivity index (χ1n) is 6.55. The Bertz CT molecular complexity index is 587. The standard InChI is InChI=1S/C10H17N3S.CHF3O3S/c1-2-5-12-7-3-4-8-9(6-7)14-10(11)13-8;2-1(3,4)8(5,6)7/h7,12H,2-6H2,1H3,(H2,11,13);(H,5,6,7)/t7-;/m0./s1. The van der Waals surface area contributed by atoms with E-state index in [4.69, 9.17) is 18.7 Å². The third-order valence-corrected chi connectivity index (χ3v) is 4.47. The molecular weight excluding hydrogens is 343 g/mol. The van der Waals surface area contributed by atoms with E-state index in [1.165, 1.54) is 23.4 Å². The lowest BCUT2D eigenvalue weighted by molar-refractivity contribution is -0.0510. The second kappa shape index (κ2) is 7.57. The summed E-state index contributed by atoms with van der Waals surface area (Å²) in [5.74, 6) is 0. The number of anilines is 1. The summed E-state index contributed by atoms with van der Waals surface area (Å²) in [5.41, 5.74) is 1.39. The minimum atomic E-state index is -5.84. The highest BCUT2D eigenvalue weighted by Crippen LogP contribution is 2.28. The van der Waals surface area contributed by atoms with E-state index in [0.717, 1.165) is 24.5 Å². The first kappa shape index (κ1) is 19.1. The van der Waals surface area contributed by atoms with E-state index in [0.29, 0.717) is 6.04 Å². The van der Waals surface area contributed by atoms with Crippen LogP contribution in [-0.2, 0) is 23.0 Å². The molecule has 0 radical (unpaired) electrons. The number of nitrogens with one attached hydrogen (secondary N) is 1. The van der Waals surface area contributed by atoms with E-state index in [-0.39, 0.29) is 0 Å². The number of nitrogen functional groups attached to an aromatic ring is 1. The lowest BCUT2D eigenvalue weighted by atomic mass is 9.98. The minimum Gasteiger partial charge on any atom is -0.375 e. The number of aromatic nitrogens is 1. The molecule has 128 valence electrons. The van der Waals surface area contributed by atoms with Crippen LogP contribution in [-0.4, -0.2) is 36.0 Å². The van der Waals surface area contributed by atoms with Crippen molar-refractivity contribution >= 4 is 26.6 Å². The molecule has 22 heavy (non-hydrogen) atoms. The fourth-order valence-electron chi connectivity index (χ4n) is 1.92. The van der Waals surface area contributed by atoms with Crippen LogP contribution >= 0.6 is 11.3 Å². The van der Waals surface area contributed by atoms with Crippen molar-refractivity contribution < 1.29 is 26.1 Å². The second-order valence-corrected chi connectivity index (χ2v) is 7.26. The van der Waals surface area contributed by atoms with E-state index in [9.17, 15) is 13.2 Å². The zero-order valence-electron chi connectivity index (χ0n) is 11.9. The van der Waals surface area contributed by atoms with Crippen molar-refractivity contribution in [3.8, 4) is 0 Å². The summed E-state index contributed by atoms with van der Waals surface area (Å²) in [6.07, 6.45) is 4.61. The van der Waals surface area contributed by atoms with Crippen molar-refractivity contribution in [1.29, 1.82) is 0 Å². The number of fused-ring (bicyclic) bond motifs is 1. The zero-order valence-corrected chi connectivity index (χ0v) is 13.5. The van der Waals surface area contributed by atoms with Gasteiger partial charge in [0.15, 0.2) is 5.13 Å². The van der Waals surface area contributed by atoms with Crippen LogP contribution in [0.25, 0.3) is 0 Å². The highest BCUT2D eigenvalue weighted by atomic mass is 32.2. The van der Waals surface area contributed by atoms with Gasteiger partial charge in [-0.25, -0.2) is 4.98 Å². The number of rotatable bonds is 3. The number of hydrogen-bond acceptors (Lipinski definition) is 6. The van der Waals surface area contributed by atoms with E-state index in [1.54, 1.807) is 11.3 Å². The van der Waals surface area contributed by atoms with E-state index in [1.807, 2.05) is 0 Å². The number of nitrogens with two attached hydrogens (primary N) is 1. The first-order chi connectivity index (χ1) is 10.0. The van der Waals surface area contributed by atoms with Crippen LogP contribution in [0.4, 0.5) is 18.3 Å². The normalized spacial score (nSPS) is 18.3. The quantitative estimate of drug-likeness (QED) is 0.562. The van der Waals surface area contributed by atoms with Gasteiger partial charge in [-0.3, -0.25) is 4.55 Å². The summed E-state index contributed by atoms with van der Waals surface area (Å²) < 4.78 is 57.5. The van der Waals surface area contributed by atoms with Gasteiger partial charge in [0.2, 0.25) is 0 Å². The molecule has 1 heterocycles. The molecule has 0 saturated carbocycles. The fraction of sp³-hybridized carbons (Fsp3) is 0.727. The van der Waals surface area contributed by atoms with Gasteiger partial charge in [-0.1, -0.05) is 6.92 Å². The molecular formula is C11H18F3N3O3S2. The number of halogens is 3. The summed E-state index contributed by atoms with van der Waals surface area (Å²) in [4.78, 5) is 5.73. The molecule has 1 aliphatic rings. The minimum absolute atomic E-state index is 0.641. The number of nitrogens with zero attached hydrogens (tertiary/aromatic N) is 1. The predicted octanol–water partition coefficient (Wildman–Crippen LogP) is 1.98. The van der Waals surface area contributed by atoms with Gasteiger partial charge in [-0.2, -0.15) is 21.6 Å². The third-order valence-electron chi connectivity index (χ3n) is 2.93. The Morgan fingerprint density at radius 2 is 2.09 bits per heavy atom. The van der Waals surface area contributed by atoms with E-state index in [2.05, 4.69) is 17.2 Å². The lowest BCUT2D eigenvalue weighted by Crippen LogP contribution is -2.34. The van der Waals surface area contributed by atoms with Crippen molar-refractivity contribution in [2.45, 2.75) is 44.2 Å².